The minimum Gasteiger partial charge on any atom is -0.374 e. The van der Waals surface area contributed by atoms with E-state index in [2.05, 4.69) is 64.7 Å². The third-order valence-corrected chi connectivity index (χ3v) is 3.79. The molecule has 0 unspecified atom stereocenters. The summed E-state index contributed by atoms with van der Waals surface area (Å²) in [5, 5.41) is 18.4. The van der Waals surface area contributed by atoms with Crippen LogP contribution in [0.15, 0.2) is 22.9 Å². The molecule has 0 bridgehead atoms. The van der Waals surface area contributed by atoms with E-state index in [0.717, 1.165) is 31.5 Å². The summed E-state index contributed by atoms with van der Waals surface area (Å²) < 4.78 is 0. The normalized spacial score (nSPS) is 17.0. The van der Waals surface area contributed by atoms with Crippen molar-refractivity contribution in [1.29, 1.82) is 10.5 Å². The van der Waals surface area contributed by atoms with Crippen molar-refractivity contribution in [3.8, 4) is 12.1 Å². The van der Waals surface area contributed by atoms with Crippen molar-refractivity contribution >= 4 is 0 Å². The maximum Gasteiger partial charge on any atom is 0.132 e. The second kappa shape index (κ2) is 7.50. The predicted octanol–water partition coefficient (Wildman–Crippen LogP) is 4.65. The fourth-order valence-electron chi connectivity index (χ4n) is 3.09. The van der Waals surface area contributed by atoms with Crippen molar-refractivity contribution < 1.29 is 0 Å². The van der Waals surface area contributed by atoms with E-state index >= 15 is 0 Å². The lowest BCUT2D eigenvalue weighted by molar-refractivity contribution is 0.227. The van der Waals surface area contributed by atoms with Gasteiger partial charge < -0.3 is 4.90 Å². The SMILES string of the molecule is CC(C)CN(CC(C)C)C1=CC(=C(C#N)C#N)CC(C)(C)C1. The third kappa shape index (κ3) is 5.23. The third-order valence-electron chi connectivity index (χ3n) is 3.79. The molecule has 1 rings (SSSR count). The van der Waals surface area contributed by atoms with Crippen LogP contribution in [0.5, 0.6) is 0 Å². The second-order valence-electron chi connectivity index (χ2n) is 7.97. The minimum absolute atomic E-state index is 0.0879. The molecule has 3 nitrogen and oxygen atoms in total. The molecule has 0 amide bonds. The predicted molar refractivity (Wildman–Crippen MR) is 90.6 cm³/mol. The van der Waals surface area contributed by atoms with E-state index in [1.54, 1.807) is 0 Å². The molecule has 0 spiro atoms. The van der Waals surface area contributed by atoms with Gasteiger partial charge in [-0.1, -0.05) is 41.5 Å². The van der Waals surface area contributed by atoms with Crippen LogP contribution in [0.3, 0.4) is 0 Å². The van der Waals surface area contributed by atoms with Crippen LogP contribution in [0.2, 0.25) is 0 Å². The van der Waals surface area contributed by atoms with Crippen molar-refractivity contribution in [1.82, 2.24) is 4.90 Å². The van der Waals surface area contributed by atoms with Gasteiger partial charge in [-0.05, 0) is 41.7 Å². The van der Waals surface area contributed by atoms with E-state index < -0.39 is 0 Å². The smallest absolute Gasteiger partial charge is 0.132 e. The van der Waals surface area contributed by atoms with Crippen molar-refractivity contribution in [2.75, 3.05) is 13.1 Å². The van der Waals surface area contributed by atoms with E-state index in [1.807, 2.05) is 0 Å². The van der Waals surface area contributed by atoms with Crippen molar-refractivity contribution in [3.05, 3.63) is 22.9 Å². The molecule has 0 aromatic heterocycles. The van der Waals surface area contributed by atoms with Crippen LogP contribution in [-0.2, 0) is 0 Å². The molecule has 0 aromatic carbocycles. The average molecular weight is 299 g/mol. The molecule has 0 N–H and O–H groups in total. The molecule has 0 atom stereocenters. The van der Waals surface area contributed by atoms with Crippen molar-refractivity contribution in [3.63, 3.8) is 0 Å². The summed E-state index contributed by atoms with van der Waals surface area (Å²) in [6.07, 6.45) is 3.89. The molecule has 0 aliphatic heterocycles. The molecular formula is C19H29N3. The van der Waals surface area contributed by atoms with Crippen LogP contribution in [-0.4, -0.2) is 18.0 Å². The quantitative estimate of drug-likeness (QED) is 0.694. The Labute approximate surface area is 135 Å². The maximum absolute atomic E-state index is 9.19. The average Bonchev–Trinajstić information content (AvgIpc) is 2.36. The Balaban J connectivity index is 3.25. The molecule has 0 radical (unpaired) electrons. The van der Waals surface area contributed by atoms with E-state index in [4.69, 9.17) is 0 Å². The summed E-state index contributed by atoms with van der Waals surface area (Å²) in [5.74, 6) is 1.17. The number of nitriles is 2. The summed E-state index contributed by atoms with van der Waals surface area (Å²) in [6, 6.07) is 4.11. The van der Waals surface area contributed by atoms with Gasteiger partial charge in [0.2, 0.25) is 0 Å². The lowest BCUT2D eigenvalue weighted by atomic mass is 9.75. The van der Waals surface area contributed by atoms with Crippen LogP contribution in [0.1, 0.15) is 54.4 Å². The van der Waals surface area contributed by atoms with Gasteiger partial charge in [0.25, 0.3) is 0 Å². The molecule has 0 saturated carbocycles. The van der Waals surface area contributed by atoms with Gasteiger partial charge in [0.05, 0.1) is 0 Å². The zero-order valence-electron chi connectivity index (χ0n) is 14.9. The fourth-order valence-corrected chi connectivity index (χ4v) is 3.09. The Morgan fingerprint density at radius 2 is 1.59 bits per heavy atom. The number of nitrogens with zero attached hydrogens (tertiary/aromatic N) is 3. The van der Waals surface area contributed by atoms with Gasteiger partial charge in [0.1, 0.15) is 17.7 Å². The van der Waals surface area contributed by atoms with E-state index in [-0.39, 0.29) is 11.0 Å². The van der Waals surface area contributed by atoms with Crippen LogP contribution >= 0.6 is 0 Å². The number of allylic oxidation sites excluding steroid dienone is 4. The van der Waals surface area contributed by atoms with Crippen LogP contribution in [0.4, 0.5) is 0 Å². The number of hydrogen-bond acceptors (Lipinski definition) is 3. The molecule has 3 heteroatoms. The lowest BCUT2D eigenvalue weighted by Crippen LogP contribution is -2.34. The van der Waals surface area contributed by atoms with Gasteiger partial charge >= 0.3 is 0 Å². The minimum atomic E-state index is 0.0879. The first kappa shape index (κ1) is 18.3. The summed E-state index contributed by atoms with van der Waals surface area (Å²) >= 11 is 0. The highest BCUT2D eigenvalue weighted by atomic mass is 15.1. The Bertz CT molecular complexity index is 510. The standard InChI is InChI=1S/C19H29N3/c1-14(2)12-22(13-15(3)4)18-7-16(17(10-20)11-21)8-19(5,6)9-18/h7,14-15H,8-9,12-13H2,1-6H3. The molecule has 0 aromatic rings. The first-order chi connectivity index (χ1) is 10.2. The second-order valence-corrected chi connectivity index (χ2v) is 7.97. The van der Waals surface area contributed by atoms with Gasteiger partial charge in [0, 0.05) is 18.8 Å². The highest BCUT2D eigenvalue weighted by Crippen LogP contribution is 2.40. The fraction of sp³-hybridized carbons (Fsp3) is 0.684. The monoisotopic (exact) mass is 299 g/mol. The largest absolute Gasteiger partial charge is 0.374 e. The van der Waals surface area contributed by atoms with Gasteiger partial charge in [-0.25, -0.2) is 0 Å². The molecule has 120 valence electrons. The van der Waals surface area contributed by atoms with Crippen LogP contribution < -0.4 is 0 Å². The first-order valence-electron chi connectivity index (χ1n) is 8.17. The Hall–Kier alpha value is -1.74. The molecule has 0 saturated heterocycles. The summed E-state index contributed by atoms with van der Waals surface area (Å²) in [6.45, 7) is 15.4. The molecular weight excluding hydrogens is 270 g/mol. The molecule has 0 heterocycles. The Morgan fingerprint density at radius 3 is 2.00 bits per heavy atom. The zero-order chi connectivity index (χ0) is 16.9. The first-order valence-corrected chi connectivity index (χ1v) is 8.17. The maximum atomic E-state index is 9.19. The lowest BCUT2D eigenvalue weighted by Gasteiger charge is -2.39. The summed E-state index contributed by atoms with van der Waals surface area (Å²) in [7, 11) is 0. The molecule has 1 aliphatic rings. The van der Waals surface area contributed by atoms with Crippen LogP contribution in [0.25, 0.3) is 0 Å². The highest BCUT2D eigenvalue weighted by Gasteiger charge is 2.30. The van der Waals surface area contributed by atoms with E-state index in [0.29, 0.717) is 11.8 Å². The highest BCUT2D eigenvalue weighted by molar-refractivity contribution is 5.47. The van der Waals surface area contributed by atoms with Gasteiger partial charge in [-0.15, -0.1) is 0 Å². The summed E-state index contributed by atoms with van der Waals surface area (Å²) in [5.41, 5.74) is 2.52. The van der Waals surface area contributed by atoms with Crippen LogP contribution in [0, 0.1) is 39.9 Å². The van der Waals surface area contributed by atoms with Gasteiger partial charge in [0.15, 0.2) is 0 Å². The van der Waals surface area contributed by atoms with E-state index in [9.17, 15) is 10.5 Å². The molecule has 1 aliphatic carbocycles. The number of rotatable bonds is 5. The van der Waals surface area contributed by atoms with Gasteiger partial charge in [-0.3, -0.25) is 0 Å². The van der Waals surface area contributed by atoms with E-state index in [1.165, 1.54) is 5.70 Å². The van der Waals surface area contributed by atoms with Gasteiger partial charge in [-0.2, -0.15) is 10.5 Å². The van der Waals surface area contributed by atoms with Crippen molar-refractivity contribution in [2.24, 2.45) is 17.3 Å². The molecule has 0 fully saturated rings. The molecule has 22 heavy (non-hydrogen) atoms. The zero-order valence-corrected chi connectivity index (χ0v) is 14.9. The number of hydrogen-bond donors (Lipinski definition) is 0. The van der Waals surface area contributed by atoms with Crippen molar-refractivity contribution in [2.45, 2.75) is 54.4 Å². The topological polar surface area (TPSA) is 50.8 Å². The summed E-state index contributed by atoms with van der Waals surface area (Å²) in [4.78, 5) is 2.45. The Kier molecular flexibility index (Phi) is 6.24. The Morgan fingerprint density at radius 1 is 1.09 bits per heavy atom.